The van der Waals surface area contributed by atoms with Gasteiger partial charge in [-0.05, 0) is 73.4 Å². The molecular weight excluding hydrogens is 557 g/mol. The molecule has 41 heavy (non-hydrogen) atoms. The largest absolute Gasteiger partial charge is 0.395 e. The first-order chi connectivity index (χ1) is 19.4. The summed E-state index contributed by atoms with van der Waals surface area (Å²) in [5, 5.41) is 12.2. The van der Waals surface area contributed by atoms with Gasteiger partial charge < -0.3 is 19.9 Å². The Morgan fingerprint density at radius 1 is 1.05 bits per heavy atom. The molecule has 1 amide bonds. The monoisotopic (exact) mass is 590 g/mol. The fraction of sp³-hybridized carbons (Fsp3) is 0.483. The van der Waals surface area contributed by atoms with Crippen LogP contribution in [0.2, 0.25) is 0 Å². The van der Waals surface area contributed by atoms with Crippen LogP contribution in [0.25, 0.3) is 10.9 Å². The highest BCUT2D eigenvalue weighted by atomic mass is 32.2. The van der Waals surface area contributed by atoms with E-state index in [2.05, 4.69) is 14.9 Å². The molecule has 12 heteroatoms. The van der Waals surface area contributed by atoms with Crippen LogP contribution in [0.3, 0.4) is 0 Å². The van der Waals surface area contributed by atoms with Crippen LogP contribution < -0.4 is 14.9 Å². The second-order valence-electron chi connectivity index (χ2n) is 11.7. The maximum Gasteiger partial charge on any atom is 0.257 e. The van der Waals surface area contributed by atoms with Gasteiger partial charge in [0, 0.05) is 49.7 Å². The number of rotatable bonds is 7. The van der Waals surface area contributed by atoms with Gasteiger partial charge in [-0.15, -0.1) is 0 Å². The Bertz CT molecular complexity index is 1640. The molecule has 2 aliphatic carbocycles. The van der Waals surface area contributed by atoms with E-state index in [0.717, 1.165) is 12.8 Å². The Hall–Kier alpha value is -3.25. The van der Waals surface area contributed by atoms with Gasteiger partial charge >= 0.3 is 0 Å². The van der Waals surface area contributed by atoms with Gasteiger partial charge in [0.1, 0.15) is 5.82 Å². The third kappa shape index (κ3) is 5.39. The molecule has 1 aliphatic heterocycles. The van der Waals surface area contributed by atoms with E-state index in [4.69, 9.17) is 5.11 Å². The second kappa shape index (κ2) is 9.94. The van der Waals surface area contributed by atoms with E-state index >= 15 is 4.39 Å². The van der Waals surface area contributed by atoms with E-state index in [1.807, 2.05) is 0 Å². The zero-order valence-electron chi connectivity index (χ0n) is 22.8. The summed E-state index contributed by atoms with van der Waals surface area (Å²) in [6, 6.07) is 7.33. The predicted molar refractivity (Wildman–Crippen MR) is 152 cm³/mol. The number of hydrogen-bond donors (Lipinski definition) is 3. The van der Waals surface area contributed by atoms with Gasteiger partial charge in [-0.1, -0.05) is 0 Å². The van der Waals surface area contributed by atoms with Crippen LogP contribution in [0.1, 0.15) is 53.7 Å². The number of aromatic nitrogens is 1. The van der Waals surface area contributed by atoms with Crippen LogP contribution in [0.4, 0.5) is 30.2 Å². The fourth-order valence-electron chi connectivity index (χ4n) is 6.40. The lowest BCUT2D eigenvalue weighted by molar-refractivity contribution is -0.0124. The van der Waals surface area contributed by atoms with Crippen molar-refractivity contribution in [3.8, 4) is 0 Å². The zero-order chi connectivity index (χ0) is 29.2. The molecule has 3 aromatic rings. The van der Waals surface area contributed by atoms with Crippen LogP contribution in [0, 0.1) is 11.2 Å². The number of aryl methyl sites for hydroxylation is 1. The van der Waals surface area contributed by atoms with E-state index in [1.165, 1.54) is 31.0 Å². The molecule has 8 nitrogen and oxygen atoms in total. The van der Waals surface area contributed by atoms with Gasteiger partial charge in [0.2, 0.25) is 10.0 Å². The molecule has 220 valence electrons. The average molecular weight is 591 g/mol. The minimum atomic E-state index is -3.78. The normalized spacial score (nSPS) is 19.3. The number of carbonyl (C=O) groups is 1. The summed E-state index contributed by atoms with van der Waals surface area (Å²) in [5.74, 6) is -4.47. The summed E-state index contributed by atoms with van der Waals surface area (Å²) >= 11 is 0. The Labute approximate surface area is 236 Å². The highest BCUT2D eigenvalue weighted by molar-refractivity contribution is 7.92. The van der Waals surface area contributed by atoms with E-state index < -0.39 is 46.5 Å². The quantitative estimate of drug-likeness (QED) is 0.367. The summed E-state index contributed by atoms with van der Waals surface area (Å²) < 4.78 is 72.5. The molecular formula is C29H33F3N4O4S. The number of halogens is 3. The van der Waals surface area contributed by atoms with Gasteiger partial charge in [0.15, 0.2) is 0 Å². The van der Waals surface area contributed by atoms with Crippen LogP contribution in [-0.4, -0.2) is 55.4 Å². The Balaban J connectivity index is 1.33. The summed E-state index contributed by atoms with van der Waals surface area (Å²) in [4.78, 5) is 15.7. The molecule has 1 aromatic heterocycles. The number of alkyl halides is 2. The summed E-state index contributed by atoms with van der Waals surface area (Å²) in [6.45, 7) is 0.885. The molecule has 3 N–H and O–H groups in total. The molecule has 0 unspecified atom stereocenters. The molecule has 2 fully saturated rings. The van der Waals surface area contributed by atoms with Gasteiger partial charge in [-0.25, -0.2) is 21.6 Å². The van der Waals surface area contributed by atoms with E-state index in [-0.39, 0.29) is 35.3 Å². The molecule has 2 heterocycles. The minimum Gasteiger partial charge on any atom is -0.395 e. The van der Waals surface area contributed by atoms with Crippen LogP contribution in [0.15, 0.2) is 30.3 Å². The van der Waals surface area contributed by atoms with Crippen molar-refractivity contribution in [2.75, 3.05) is 40.4 Å². The molecule has 0 bridgehead atoms. The van der Waals surface area contributed by atoms with Crippen molar-refractivity contribution in [1.82, 2.24) is 4.57 Å². The van der Waals surface area contributed by atoms with E-state index in [0.29, 0.717) is 40.8 Å². The standard InChI is InChI=1S/C29H33F3N4O4S/c1-35-24-4-5-29(31,32)17-22(24)21-14-19(15-23(30)26(21)35)33-27(38)20-3-2-18(34-41(39,40)13-12-37)16-25(20)36-10-8-28(6-7-28)9-11-36/h2-3,14-16,34,37H,4-13,17H2,1H3,(H,33,38). The van der Waals surface area contributed by atoms with Crippen molar-refractivity contribution in [3.05, 3.63) is 53.0 Å². The maximum absolute atomic E-state index is 15.3. The number of benzene rings is 2. The van der Waals surface area contributed by atoms with Crippen molar-refractivity contribution in [3.63, 3.8) is 0 Å². The number of anilines is 3. The maximum atomic E-state index is 15.3. The summed E-state index contributed by atoms with van der Waals surface area (Å²) in [5.41, 5.74) is 2.91. The Morgan fingerprint density at radius 3 is 2.46 bits per heavy atom. The molecule has 1 spiro atoms. The van der Waals surface area contributed by atoms with Gasteiger partial charge in [0.05, 0.1) is 34.8 Å². The van der Waals surface area contributed by atoms with Crippen molar-refractivity contribution in [2.24, 2.45) is 12.5 Å². The number of aliphatic hydroxyl groups is 1. The highest BCUT2D eigenvalue weighted by Gasteiger charge is 2.44. The number of sulfonamides is 1. The van der Waals surface area contributed by atoms with Crippen molar-refractivity contribution < 1.29 is 31.5 Å². The lowest BCUT2D eigenvalue weighted by Gasteiger charge is -2.35. The second-order valence-corrected chi connectivity index (χ2v) is 13.5. The van der Waals surface area contributed by atoms with E-state index in [9.17, 15) is 22.0 Å². The molecule has 2 aromatic carbocycles. The Morgan fingerprint density at radius 2 is 1.78 bits per heavy atom. The summed E-state index contributed by atoms with van der Waals surface area (Å²) in [6.07, 6.45) is 3.70. The number of carbonyl (C=O) groups excluding carboxylic acids is 1. The number of fused-ring (bicyclic) bond motifs is 3. The topological polar surface area (TPSA) is 104 Å². The van der Waals surface area contributed by atoms with Gasteiger partial charge in [-0.2, -0.15) is 0 Å². The number of nitrogens with zero attached hydrogens (tertiary/aromatic N) is 2. The first-order valence-electron chi connectivity index (χ1n) is 13.9. The first kappa shape index (κ1) is 27.9. The predicted octanol–water partition coefficient (Wildman–Crippen LogP) is 4.81. The molecule has 0 radical (unpaired) electrons. The van der Waals surface area contributed by atoms with Gasteiger partial charge in [0.25, 0.3) is 11.8 Å². The van der Waals surface area contributed by atoms with Crippen LogP contribution >= 0.6 is 0 Å². The van der Waals surface area contributed by atoms with E-state index in [1.54, 1.807) is 23.7 Å². The van der Waals surface area contributed by atoms with Crippen LogP contribution in [0.5, 0.6) is 0 Å². The summed E-state index contributed by atoms with van der Waals surface area (Å²) in [7, 11) is -2.11. The van der Waals surface area contributed by atoms with Crippen molar-refractivity contribution in [1.29, 1.82) is 0 Å². The third-order valence-corrected chi connectivity index (χ3v) is 10.2. The lowest BCUT2D eigenvalue weighted by Crippen LogP contribution is -2.35. The number of aliphatic hydroxyl groups excluding tert-OH is 1. The number of hydrogen-bond acceptors (Lipinski definition) is 5. The third-order valence-electron chi connectivity index (χ3n) is 8.90. The molecule has 1 saturated carbocycles. The Kier molecular flexibility index (Phi) is 6.76. The van der Waals surface area contributed by atoms with Gasteiger partial charge in [-0.3, -0.25) is 9.52 Å². The molecule has 3 aliphatic rings. The minimum absolute atomic E-state index is 0.142. The smallest absolute Gasteiger partial charge is 0.257 e. The number of amides is 1. The molecule has 1 saturated heterocycles. The van der Waals surface area contributed by atoms with Crippen LogP contribution in [-0.2, 0) is 29.9 Å². The SMILES string of the molecule is Cn1c2c(c3cc(NC(=O)c4ccc(NS(=O)(=O)CCO)cc4N4CCC5(CC4)CC5)cc(F)c31)CC(F)(F)CC2. The lowest BCUT2D eigenvalue weighted by atomic mass is 9.92. The molecule has 6 rings (SSSR count). The zero-order valence-corrected chi connectivity index (χ0v) is 23.6. The number of nitrogens with one attached hydrogen (secondary N) is 2. The van der Waals surface area contributed by atoms with Crippen molar-refractivity contribution >= 4 is 43.9 Å². The average Bonchev–Trinajstić information content (AvgIpc) is 3.59. The number of piperidine rings is 1. The van der Waals surface area contributed by atoms with Crippen molar-refractivity contribution in [2.45, 2.75) is 50.9 Å². The fourth-order valence-corrected chi connectivity index (χ4v) is 7.22. The highest BCUT2D eigenvalue weighted by Crippen LogP contribution is 2.54. The first-order valence-corrected chi connectivity index (χ1v) is 15.5. The molecule has 0 atom stereocenters.